The molecular formula is C12H11FN2. The Labute approximate surface area is 87.6 Å². The predicted molar refractivity (Wildman–Crippen MR) is 56.9 cm³/mol. The summed E-state index contributed by atoms with van der Waals surface area (Å²) in [7, 11) is 1.93. The SMILES string of the molecule is Cc1c(CC#N)c2cc(F)ccc2n1C. The van der Waals surface area contributed by atoms with E-state index >= 15 is 0 Å². The number of nitrogens with zero attached hydrogens (tertiary/aromatic N) is 2. The number of halogens is 1. The highest BCUT2D eigenvalue weighted by molar-refractivity contribution is 5.85. The van der Waals surface area contributed by atoms with Crippen LogP contribution >= 0.6 is 0 Å². The molecule has 0 unspecified atom stereocenters. The molecule has 2 nitrogen and oxygen atoms in total. The molecule has 0 aliphatic carbocycles. The lowest BCUT2D eigenvalue weighted by molar-refractivity contribution is 0.629. The monoisotopic (exact) mass is 202 g/mol. The average Bonchev–Trinajstić information content (AvgIpc) is 2.44. The van der Waals surface area contributed by atoms with Crippen LogP contribution < -0.4 is 0 Å². The molecule has 76 valence electrons. The van der Waals surface area contributed by atoms with E-state index in [2.05, 4.69) is 6.07 Å². The number of rotatable bonds is 1. The van der Waals surface area contributed by atoms with Gasteiger partial charge in [-0.15, -0.1) is 0 Å². The highest BCUT2D eigenvalue weighted by Gasteiger charge is 2.11. The number of hydrogen-bond acceptors (Lipinski definition) is 1. The summed E-state index contributed by atoms with van der Waals surface area (Å²) in [6, 6.07) is 6.80. The van der Waals surface area contributed by atoms with E-state index in [1.807, 2.05) is 18.5 Å². The first-order valence-corrected chi connectivity index (χ1v) is 4.75. The summed E-state index contributed by atoms with van der Waals surface area (Å²) < 4.78 is 15.1. The minimum absolute atomic E-state index is 0.257. The van der Waals surface area contributed by atoms with Crippen molar-refractivity contribution < 1.29 is 4.39 Å². The molecule has 0 atom stereocenters. The predicted octanol–water partition coefficient (Wildman–Crippen LogP) is 2.69. The molecule has 2 aromatic rings. The van der Waals surface area contributed by atoms with Crippen LogP contribution in [0.4, 0.5) is 4.39 Å². The second kappa shape index (κ2) is 3.39. The molecule has 0 radical (unpaired) electrons. The van der Waals surface area contributed by atoms with Gasteiger partial charge in [0.05, 0.1) is 12.5 Å². The van der Waals surface area contributed by atoms with Crippen LogP contribution in [0.3, 0.4) is 0 Å². The van der Waals surface area contributed by atoms with Gasteiger partial charge in [0.15, 0.2) is 0 Å². The van der Waals surface area contributed by atoms with Crippen molar-refractivity contribution in [3.8, 4) is 6.07 Å². The topological polar surface area (TPSA) is 28.7 Å². The van der Waals surface area contributed by atoms with E-state index < -0.39 is 0 Å². The van der Waals surface area contributed by atoms with E-state index in [0.29, 0.717) is 6.42 Å². The van der Waals surface area contributed by atoms with Gasteiger partial charge in [-0.1, -0.05) is 0 Å². The van der Waals surface area contributed by atoms with E-state index in [0.717, 1.165) is 22.2 Å². The summed E-state index contributed by atoms with van der Waals surface area (Å²) in [4.78, 5) is 0. The molecule has 1 heterocycles. The highest BCUT2D eigenvalue weighted by atomic mass is 19.1. The standard InChI is InChI=1S/C12H11FN2/c1-8-10(5-6-14)11-7-9(13)3-4-12(11)15(8)2/h3-4,7H,5H2,1-2H3. The van der Waals surface area contributed by atoms with Crippen LogP contribution in [0, 0.1) is 24.1 Å². The zero-order valence-electron chi connectivity index (χ0n) is 8.71. The Hall–Kier alpha value is -1.82. The van der Waals surface area contributed by atoms with Crippen molar-refractivity contribution in [1.82, 2.24) is 4.57 Å². The molecule has 0 amide bonds. The van der Waals surface area contributed by atoms with Crippen LogP contribution in [0.2, 0.25) is 0 Å². The number of aryl methyl sites for hydroxylation is 1. The van der Waals surface area contributed by atoms with Gasteiger partial charge in [0, 0.05) is 23.6 Å². The van der Waals surface area contributed by atoms with Crippen LogP contribution in [0.15, 0.2) is 18.2 Å². The smallest absolute Gasteiger partial charge is 0.123 e. The third kappa shape index (κ3) is 1.39. The third-order valence-corrected chi connectivity index (χ3v) is 2.84. The molecule has 3 heteroatoms. The van der Waals surface area contributed by atoms with Gasteiger partial charge in [-0.3, -0.25) is 0 Å². The summed E-state index contributed by atoms with van der Waals surface area (Å²) in [5.74, 6) is -0.257. The van der Waals surface area contributed by atoms with Crippen molar-refractivity contribution in [2.45, 2.75) is 13.3 Å². The highest BCUT2D eigenvalue weighted by Crippen LogP contribution is 2.25. The van der Waals surface area contributed by atoms with E-state index in [9.17, 15) is 4.39 Å². The molecule has 0 spiro atoms. The van der Waals surface area contributed by atoms with Gasteiger partial charge < -0.3 is 4.57 Å². The summed E-state index contributed by atoms with van der Waals surface area (Å²) in [6.07, 6.45) is 0.326. The first-order chi connectivity index (χ1) is 7.15. The Morgan fingerprint density at radius 1 is 1.47 bits per heavy atom. The zero-order valence-corrected chi connectivity index (χ0v) is 8.71. The largest absolute Gasteiger partial charge is 0.348 e. The van der Waals surface area contributed by atoms with Crippen LogP contribution in [0.1, 0.15) is 11.3 Å². The number of fused-ring (bicyclic) bond motifs is 1. The lowest BCUT2D eigenvalue weighted by atomic mass is 10.1. The Morgan fingerprint density at radius 2 is 2.20 bits per heavy atom. The molecule has 0 aliphatic heterocycles. The van der Waals surface area contributed by atoms with E-state index in [1.54, 1.807) is 6.07 Å². The molecule has 1 aromatic heterocycles. The second-order valence-electron chi connectivity index (χ2n) is 3.62. The van der Waals surface area contributed by atoms with E-state index in [4.69, 9.17) is 5.26 Å². The van der Waals surface area contributed by atoms with Crippen molar-refractivity contribution in [2.75, 3.05) is 0 Å². The lowest BCUT2D eigenvalue weighted by Crippen LogP contribution is -1.91. The lowest BCUT2D eigenvalue weighted by Gasteiger charge is -1.97. The minimum atomic E-state index is -0.257. The molecule has 0 aliphatic rings. The molecular weight excluding hydrogens is 191 g/mol. The molecule has 0 saturated carbocycles. The molecule has 0 N–H and O–H groups in total. The van der Waals surface area contributed by atoms with Gasteiger partial charge in [0.1, 0.15) is 5.82 Å². The van der Waals surface area contributed by atoms with Crippen molar-refractivity contribution in [3.05, 3.63) is 35.3 Å². The Bertz CT molecular complexity index is 561. The van der Waals surface area contributed by atoms with Crippen LogP contribution in [-0.4, -0.2) is 4.57 Å². The first kappa shape index (κ1) is 9.72. The van der Waals surface area contributed by atoms with Crippen molar-refractivity contribution in [1.29, 1.82) is 5.26 Å². The summed E-state index contributed by atoms with van der Waals surface area (Å²) in [5, 5.41) is 9.57. The average molecular weight is 202 g/mol. The van der Waals surface area contributed by atoms with Gasteiger partial charge >= 0.3 is 0 Å². The molecule has 0 bridgehead atoms. The fourth-order valence-corrected chi connectivity index (χ4v) is 1.92. The maximum atomic E-state index is 13.1. The summed E-state index contributed by atoms with van der Waals surface area (Å²) in [5.41, 5.74) is 2.92. The fraction of sp³-hybridized carbons (Fsp3) is 0.250. The maximum Gasteiger partial charge on any atom is 0.123 e. The van der Waals surface area contributed by atoms with Crippen molar-refractivity contribution in [3.63, 3.8) is 0 Å². The van der Waals surface area contributed by atoms with Crippen LogP contribution in [0.25, 0.3) is 10.9 Å². The van der Waals surface area contributed by atoms with Crippen LogP contribution in [-0.2, 0) is 13.5 Å². The normalized spacial score (nSPS) is 10.5. The van der Waals surface area contributed by atoms with E-state index in [1.165, 1.54) is 12.1 Å². The van der Waals surface area contributed by atoms with E-state index in [-0.39, 0.29) is 5.82 Å². The molecule has 1 aromatic carbocycles. The summed E-state index contributed by atoms with van der Waals surface area (Å²) >= 11 is 0. The number of nitriles is 1. The van der Waals surface area contributed by atoms with Crippen molar-refractivity contribution >= 4 is 10.9 Å². The van der Waals surface area contributed by atoms with Crippen LogP contribution in [0.5, 0.6) is 0 Å². The Kier molecular flexibility index (Phi) is 2.20. The Balaban J connectivity index is 2.83. The molecule has 2 rings (SSSR count). The summed E-state index contributed by atoms with van der Waals surface area (Å²) in [6.45, 7) is 1.95. The fourth-order valence-electron chi connectivity index (χ4n) is 1.92. The second-order valence-corrected chi connectivity index (χ2v) is 3.62. The molecule has 0 fully saturated rings. The molecule has 0 saturated heterocycles. The quantitative estimate of drug-likeness (QED) is 0.698. The number of hydrogen-bond donors (Lipinski definition) is 0. The Morgan fingerprint density at radius 3 is 2.87 bits per heavy atom. The zero-order chi connectivity index (χ0) is 11.0. The maximum absolute atomic E-state index is 13.1. The van der Waals surface area contributed by atoms with Crippen molar-refractivity contribution in [2.24, 2.45) is 7.05 Å². The van der Waals surface area contributed by atoms with Gasteiger partial charge in [0.25, 0.3) is 0 Å². The van der Waals surface area contributed by atoms with Gasteiger partial charge in [-0.25, -0.2) is 4.39 Å². The minimum Gasteiger partial charge on any atom is -0.348 e. The van der Waals surface area contributed by atoms with Gasteiger partial charge in [-0.2, -0.15) is 5.26 Å². The number of benzene rings is 1. The first-order valence-electron chi connectivity index (χ1n) is 4.75. The van der Waals surface area contributed by atoms with Gasteiger partial charge in [-0.05, 0) is 30.7 Å². The van der Waals surface area contributed by atoms with Gasteiger partial charge in [0.2, 0.25) is 0 Å². The molecule has 15 heavy (non-hydrogen) atoms. The third-order valence-electron chi connectivity index (χ3n) is 2.84. The number of aromatic nitrogens is 1.